The summed E-state index contributed by atoms with van der Waals surface area (Å²) in [5, 5.41) is 10.7. The van der Waals surface area contributed by atoms with Crippen LogP contribution in [0.5, 0.6) is 0 Å². The molecule has 25 heavy (non-hydrogen) atoms. The molecule has 6 heteroatoms. The zero-order chi connectivity index (χ0) is 18.2. The lowest BCUT2D eigenvalue weighted by atomic mass is 10.1. The van der Waals surface area contributed by atoms with Gasteiger partial charge >= 0.3 is 0 Å². The summed E-state index contributed by atoms with van der Waals surface area (Å²) in [6.45, 7) is 5.50. The standard InChI is InChI=1S/C19H29N5O/c1-14(2)17-11-16(25-23-17)12-21-19(20-3)22-13-18(24(4)5)15-9-7-6-8-10-15/h6-11,14,18H,12-13H2,1-5H3,(H2,20,21,22). The molecule has 0 saturated heterocycles. The summed E-state index contributed by atoms with van der Waals surface area (Å²) in [6, 6.07) is 12.7. The van der Waals surface area contributed by atoms with E-state index in [4.69, 9.17) is 4.52 Å². The average Bonchev–Trinajstić information content (AvgIpc) is 3.08. The van der Waals surface area contributed by atoms with Gasteiger partial charge in [-0.15, -0.1) is 0 Å². The van der Waals surface area contributed by atoms with E-state index in [0.29, 0.717) is 12.5 Å². The molecule has 0 bridgehead atoms. The van der Waals surface area contributed by atoms with Crippen molar-refractivity contribution < 1.29 is 4.52 Å². The molecule has 136 valence electrons. The van der Waals surface area contributed by atoms with Crippen LogP contribution in [0, 0.1) is 0 Å². The zero-order valence-electron chi connectivity index (χ0n) is 15.8. The maximum absolute atomic E-state index is 5.35. The second-order valence-electron chi connectivity index (χ2n) is 6.57. The summed E-state index contributed by atoms with van der Waals surface area (Å²) >= 11 is 0. The van der Waals surface area contributed by atoms with Gasteiger partial charge in [-0.25, -0.2) is 0 Å². The van der Waals surface area contributed by atoms with E-state index in [2.05, 4.69) is 77.9 Å². The lowest BCUT2D eigenvalue weighted by Crippen LogP contribution is -2.41. The largest absolute Gasteiger partial charge is 0.359 e. The fourth-order valence-corrected chi connectivity index (χ4v) is 2.54. The van der Waals surface area contributed by atoms with Gasteiger partial charge in [-0.1, -0.05) is 49.3 Å². The number of likely N-dealkylation sites (N-methyl/N-ethyl adjacent to an activating group) is 1. The Morgan fingerprint density at radius 1 is 1.20 bits per heavy atom. The van der Waals surface area contributed by atoms with E-state index in [1.54, 1.807) is 7.05 Å². The monoisotopic (exact) mass is 343 g/mol. The summed E-state index contributed by atoms with van der Waals surface area (Å²) < 4.78 is 5.35. The predicted molar refractivity (Wildman–Crippen MR) is 102 cm³/mol. The molecule has 1 heterocycles. The summed E-state index contributed by atoms with van der Waals surface area (Å²) in [6.07, 6.45) is 0. The Morgan fingerprint density at radius 3 is 2.48 bits per heavy atom. The molecule has 1 aromatic carbocycles. The Hall–Kier alpha value is -2.34. The molecule has 1 atom stereocenters. The Morgan fingerprint density at radius 2 is 1.92 bits per heavy atom. The summed E-state index contributed by atoms with van der Waals surface area (Å²) in [4.78, 5) is 6.48. The second kappa shape index (κ2) is 9.22. The van der Waals surface area contributed by atoms with Crippen LogP contribution in [0.25, 0.3) is 0 Å². The first-order valence-corrected chi connectivity index (χ1v) is 8.62. The Bertz CT molecular complexity index is 663. The van der Waals surface area contributed by atoms with Gasteiger partial charge in [-0.3, -0.25) is 4.99 Å². The van der Waals surface area contributed by atoms with Gasteiger partial charge in [0.15, 0.2) is 11.7 Å². The third kappa shape index (κ3) is 5.60. The summed E-state index contributed by atoms with van der Waals surface area (Å²) in [5.41, 5.74) is 2.24. The molecular weight excluding hydrogens is 314 g/mol. The Kier molecular flexibility index (Phi) is 7.01. The summed E-state index contributed by atoms with van der Waals surface area (Å²) in [5.74, 6) is 1.91. The van der Waals surface area contributed by atoms with E-state index in [-0.39, 0.29) is 6.04 Å². The first kappa shape index (κ1) is 19.0. The van der Waals surface area contributed by atoms with Crippen LogP contribution in [0.15, 0.2) is 45.9 Å². The number of nitrogens with zero attached hydrogens (tertiary/aromatic N) is 3. The maximum atomic E-state index is 5.35. The lowest BCUT2D eigenvalue weighted by molar-refractivity contribution is 0.298. The molecule has 0 aliphatic carbocycles. The molecule has 0 aliphatic rings. The highest BCUT2D eigenvalue weighted by atomic mass is 16.5. The number of hydrogen-bond acceptors (Lipinski definition) is 4. The van der Waals surface area contributed by atoms with Crippen molar-refractivity contribution in [2.75, 3.05) is 27.7 Å². The minimum atomic E-state index is 0.262. The van der Waals surface area contributed by atoms with Crippen molar-refractivity contribution in [1.29, 1.82) is 0 Å². The first-order valence-electron chi connectivity index (χ1n) is 8.62. The van der Waals surface area contributed by atoms with Crippen molar-refractivity contribution >= 4 is 5.96 Å². The zero-order valence-corrected chi connectivity index (χ0v) is 15.8. The minimum absolute atomic E-state index is 0.262. The Labute approximate surface area is 150 Å². The second-order valence-corrected chi connectivity index (χ2v) is 6.57. The highest BCUT2D eigenvalue weighted by molar-refractivity contribution is 5.79. The fourth-order valence-electron chi connectivity index (χ4n) is 2.54. The normalized spacial score (nSPS) is 13.3. The van der Waals surface area contributed by atoms with Gasteiger partial charge in [0, 0.05) is 19.7 Å². The van der Waals surface area contributed by atoms with E-state index in [1.165, 1.54) is 5.56 Å². The van der Waals surface area contributed by atoms with Gasteiger partial charge in [-0.2, -0.15) is 0 Å². The molecule has 2 aromatic rings. The number of nitrogens with one attached hydrogen (secondary N) is 2. The van der Waals surface area contributed by atoms with Crippen molar-refractivity contribution in [1.82, 2.24) is 20.7 Å². The molecule has 0 fully saturated rings. The molecule has 0 spiro atoms. The topological polar surface area (TPSA) is 65.7 Å². The van der Waals surface area contributed by atoms with Crippen molar-refractivity contribution in [3.05, 3.63) is 53.4 Å². The SMILES string of the molecule is CN=C(NCc1cc(C(C)C)no1)NCC(c1ccccc1)N(C)C. The number of aliphatic imine (C=N–C) groups is 1. The molecule has 0 radical (unpaired) electrons. The van der Waals surface area contributed by atoms with Crippen molar-refractivity contribution in [3.8, 4) is 0 Å². The van der Waals surface area contributed by atoms with Gasteiger partial charge in [0.05, 0.1) is 18.3 Å². The number of aromatic nitrogens is 1. The van der Waals surface area contributed by atoms with E-state index >= 15 is 0 Å². The van der Waals surface area contributed by atoms with E-state index in [0.717, 1.165) is 24.0 Å². The summed E-state index contributed by atoms with van der Waals surface area (Å²) in [7, 11) is 5.93. The molecule has 0 amide bonds. The maximum Gasteiger partial charge on any atom is 0.191 e. The highest BCUT2D eigenvalue weighted by Gasteiger charge is 2.14. The molecule has 0 aliphatic heterocycles. The van der Waals surface area contributed by atoms with Crippen LogP contribution >= 0.6 is 0 Å². The molecular formula is C19H29N5O. The minimum Gasteiger partial charge on any atom is -0.359 e. The number of hydrogen-bond donors (Lipinski definition) is 2. The highest BCUT2D eigenvalue weighted by Crippen LogP contribution is 2.16. The van der Waals surface area contributed by atoms with Crippen LogP contribution < -0.4 is 10.6 Å². The van der Waals surface area contributed by atoms with E-state index in [1.807, 2.05) is 12.1 Å². The molecule has 1 aromatic heterocycles. The van der Waals surface area contributed by atoms with Crippen LogP contribution in [0.1, 0.15) is 42.8 Å². The van der Waals surface area contributed by atoms with Gasteiger partial charge in [-0.05, 0) is 25.6 Å². The molecule has 1 unspecified atom stereocenters. The lowest BCUT2D eigenvalue weighted by Gasteiger charge is -2.26. The van der Waals surface area contributed by atoms with Crippen LogP contribution in [-0.4, -0.2) is 43.7 Å². The van der Waals surface area contributed by atoms with Crippen LogP contribution in [0.3, 0.4) is 0 Å². The van der Waals surface area contributed by atoms with Crippen molar-refractivity contribution in [3.63, 3.8) is 0 Å². The van der Waals surface area contributed by atoms with E-state index < -0.39 is 0 Å². The molecule has 0 saturated carbocycles. The smallest absolute Gasteiger partial charge is 0.191 e. The van der Waals surface area contributed by atoms with Gasteiger partial charge in [0.2, 0.25) is 0 Å². The third-order valence-corrected chi connectivity index (χ3v) is 4.09. The third-order valence-electron chi connectivity index (χ3n) is 4.09. The Balaban J connectivity index is 1.90. The van der Waals surface area contributed by atoms with Crippen molar-refractivity contribution in [2.45, 2.75) is 32.4 Å². The van der Waals surface area contributed by atoms with Crippen molar-refractivity contribution in [2.24, 2.45) is 4.99 Å². The molecule has 6 nitrogen and oxygen atoms in total. The fraction of sp³-hybridized carbons (Fsp3) is 0.474. The van der Waals surface area contributed by atoms with Gasteiger partial charge < -0.3 is 20.1 Å². The molecule has 2 rings (SSSR count). The van der Waals surface area contributed by atoms with Crippen LogP contribution in [-0.2, 0) is 6.54 Å². The number of benzene rings is 1. The predicted octanol–water partition coefficient (Wildman–Crippen LogP) is 2.77. The van der Waals surface area contributed by atoms with Gasteiger partial charge in [0.1, 0.15) is 0 Å². The average molecular weight is 343 g/mol. The molecule has 2 N–H and O–H groups in total. The number of rotatable bonds is 7. The quantitative estimate of drug-likeness (QED) is 0.598. The first-order chi connectivity index (χ1) is 12.0. The van der Waals surface area contributed by atoms with Crippen LogP contribution in [0.4, 0.5) is 0 Å². The van der Waals surface area contributed by atoms with Crippen LogP contribution in [0.2, 0.25) is 0 Å². The van der Waals surface area contributed by atoms with E-state index in [9.17, 15) is 0 Å². The van der Waals surface area contributed by atoms with Gasteiger partial charge in [0.25, 0.3) is 0 Å². The number of guanidine groups is 1.